The summed E-state index contributed by atoms with van der Waals surface area (Å²) in [6.45, 7) is 8.43. The molecule has 4 rings (SSSR count). The third-order valence-corrected chi connectivity index (χ3v) is 7.26. The summed E-state index contributed by atoms with van der Waals surface area (Å²) in [5, 5.41) is 3.63. The first-order valence-electron chi connectivity index (χ1n) is 14.1. The van der Waals surface area contributed by atoms with Crippen molar-refractivity contribution in [3.8, 4) is 5.75 Å². The molecular weight excluding hydrogens is 434 g/mol. The van der Waals surface area contributed by atoms with Gasteiger partial charge in [0.2, 0.25) is 5.95 Å². The molecule has 0 spiro atoms. The van der Waals surface area contributed by atoms with Crippen molar-refractivity contribution in [2.75, 3.05) is 43.0 Å². The Balaban J connectivity index is 1.22. The maximum Gasteiger partial charge on any atom is 0.224 e. The molecule has 2 aliphatic heterocycles. The number of hydrogen-bond donors (Lipinski definition) is 1. The van der Waals surface area contributed by atoms with Gasteiger partial charge in [-0.25, -0.2) is 4.98 Å². The smallest absolute Gasteiger partial charge is 0.224 e. The van der Waals surface area contributed by atoms with E-state index in [1.54, 1.807) is 0 Å². The van der Waals surface area contributed by atoms with Gasteiger partial charge in [-0.1, -0.05) is 57.6 Å². The number of benzene rings is 1. The van der Waals surface area contributed by atoms with Gasteiger partial charge < -0.3 is 15.0 Å². The molecule has 2 aromatic rings. The number of ether oxygens (including phenoxy) is 1. The van der Waals surface area contributed by atoms with Gasteiger partial charge in [0.1, 0.15) is 11.6 Å². The lowest BCUT2D eigenvalue weighted by atomic mass is 10.0. The summed E-state index contributed by atoms with van der Waals surface area (Å²) >= 11 is 0. The fourth-order valence-electron chi connectivity index (χ4n) is 5.24. The number of aromatic nitrogens is 2. The van der Waals surface area contributed by atoms with E-state index < -0.39 is 0 Å². The van der Waals surface area contributed by atoms with Crippen molar-refractivity contribution in [2.24, 2.45) is 0 Å². The van der Waals surface area contributed by atoms with Crippen molar-refractivity contribution in [1.29, 1.82) is 0 Å². The van der Waals surface area contributed by atoms with Crippen LogP contribution in [0.3, 0.4) is 0 Å². The summed E-state index contributed by atoms with van der Waals surface area (Å²) < 4.78 is 5.93. The Labute approximate surface area is 212 Å². The highest BCUT2D eigenvalue weighted by Gasteiger charge is 2.21. The van der Waals surface area contributed by atoms with Crippen LogP contribution in [0.25, 0.3) is 0 Å². The van der Waals surface area contributed by atoms with Gasteiger partial charge in [0.05, 0.1) is 6.61 Å². The summed E-state index contributed by atoms with van der Waals surface area (Å²) in [6, 6.07) is 11.1. The lowest BCUT2D eigenvalue weighted by Crippen LogP contribution is -2.42. The molecule has 0 amide bonds. The highest BCUT2D eigenvalue weighted by Crippen LogP contribution is 2.21. The van der Waals surface area contributed by atoms with E-state index in [4.69, 9.17) is 9.72 Å². The van der Waals surface area contributed by atoms with Crippen LogP contribution in [0.1, 0.15) is 83.1 Å². The molecule has 1 aromatic heterocycles. The van der Waals surface area contributed by atoms with Crippen molar-refractivity contribution in [3.05, 3.63) is 42.1 Å². The van der Waals surface area contributed by atoms with Crippen molar-refractivity contribution in [2.45, 2.75) is 90.1 Å². The minimum absolute atomic E-state index is 0.387. The Hall–Kier alpha value is -2.34. The van der Waals surface area contributed by atoms with Crippen LogP contribution in [0.15, 0.2) is 36.5 Å². The minimum Gasteiger partial charge on any atom is -0.494 e. The largest absolute Gasteiger partial charge is 0.494 e. The van der Waals surface area contributed by atoms with Crippen LogP contribution in [0, 0.1) is 0 Å². The fraction of sp³-hybridized carbons (Fsp3) is 0.655. The maximum atomic E-state index is 5.93. The third kappa shape index (κ3) is 8.68. The summed E-state index contributed by atoms with van der Waals surface area (Å²) in [5.41, 5.74) is 1.35. The lowest BCUT2D eigenvalue weighted by Gasteiger charge is -2.33. The van der Waals surface area contributed by atoms with Gasteiger partial charge in [0.25, 0.3) is 0 Å². The molecular formula is C29H45N5O. The molecule has 2 saturated heterocycles. The molecule has 1 N–H and O–H groups in total. The van der Waals surface area contributed by atoms with Crippen LogP contribution >= 0.6 is 0 Å². The number of unbranched alkanes of at least 4 members (excludes halogenated alkanes) is 4. The van der Waals surface area contributed by atoms with E-state index in [0.717, 1.165) is 63.3 Å². The number of rotatable bonds is 12. The van der Waals surface area contributed by atoms with E-state index >= 15 is 0 Å². The van der Waals surface area contributed by atoms with Crippen LogP contribution in [-0.2, 0) is 6.54 Å². The minimum atomic E-state index is 0.387. The second kappa shape index (κ2) is 14.3. The monoisotopic (exact) mass is 479 g/mol. The summed E-state index contributed by atoms with van der Waals surface area (Å²) in [6.07, 6.45) is 15.8. The third-order valence-electron chi connectivity index (χ3n) is 7.26. The van der Waals surface area contributed by atoms with Crippen molar-refractivity contribution in [1.82, 2.24) is 14.9 Å². The maximum absolute atomic E-state index is 5.93. The average molecular weight is 480 g/mol. The Kier molecular flexibility index (Phi) is 10.5. The number of hydrogen-bond acceptors (Lipinski definition) is 6. The molecule has 0 saturated carbocycles. The van der Waals surface area contributed by atoms with E-state index in [2.05, 4.69) is 57.4 Å². The van der Waals surface area contributed by atoms with E-state index in [1.165, 1.54) is 69.8 Å². The van der Waals surface area contributed by atoms with Crippen LogP contribution in [0.4, 0.5) is 11.8 Å². The molecule has 2 aliphatic rings. The first-order valence-corrected chi connectivity index (χ1v) is 14.1. The normalized spacial score (nSPS) is 19.3. The van der Waals surface area contributed by atoms with Crippen LogP contribution in [0.5, 0.6) is 5.75 Å². The highest BCUT2D eigenvalue weighted by molar-refractivity contribution is 5.43. The number of piperidine rings is 1. The molecule has 35 heavy (non-hydrogen) atoms. The van der Waals surface area contributed by atoms with Crippen molar-refractivity contribution in [3.63, 3.8) is 0 Å². The lowest BCUT2D eigenvalue weighted by molar-refractivity contribution is 0.208. The molecule has 3 heterocycles. The fourth-order valence-corrected chi connectivity index (χ4v) is 5.24. The summed E-state index contributed by atoms with van der Waals surface area (Å²) in [7, 11) is 0. The Morgan fingerprint density at radius 1 is 0.914 bits per heavy atom. The quantitative estimate of drug-likeness (QED) is 0.361. The van der Waals surface area contributed by atoms with Crippen LogP contribution in [0.2, 0.25) is 0 Å². The molecule has 192 valence electrons. The number of nitrogens with zero attached hydrogens (tertiary/aromatic N) is 4. The topological polar surface area (TPSA) is 53.5 Å². The Bertz CT molecular complexity index is 850. The second-order valence-electron chi connectivity index (χ2n) is 10.3. The molecule has 0 bridgehead atoms. The molecule has 2 fully saturated rings. The van der Waals surface area contributed by atoms with E-state index in [-0.39, 0.29) is 0 Å². The SMILES string of the molecule is CCCCCCCOc1ccc(CN2CCCC(Nc3nccc(N4CCCCCC4)n3)C2)cc1. The summed E-state index contributed by atoms with van der Waals surface area (Å²) in [4.78, 5) is 14.4. The number of likely N-dealkylation sites (tertiary alicyclic amines) is 1. The first kappa shape index (κ1) is 25.7. The van der Waals surface area contributed by atoms with Gasteiger partial charge in [-0.3, -0.25) is 4.90 Å². The van der Waals surface area contributed by atoms with Gasteiger partial charge >= 0.3 is 0 Å². The van der Waals surface area contributed by atoms with Crippen LogP contribution in [-0.4, -0.2) is 53.7 Å². The molecule has 6 heteroatoms. The predicted molar refractivity (Wildman–Crippen MR) is 145 cm³/mol. The Morgan fingerprint density at radius 3 is 2.51 bits per heavy atom. The molecule has 1 atom stereocenters. The van der Waals surface area contributed by atoms with Crippen molar-refractivity contribution >= 4 is 11.8 Å². The van der Waals surface area contributed by atoms with E-state index in [9.17, 15) is 0 Å². The van der Waals surface area contributed by atoms with E-state index in [1.807, 2.05) is 6.20 Å². The van der Waals surface area contributed by atoms with Gasteiger partial charge in [-0.05, 0) is 62.4 Å². The Morgan fingerprint density at radius 2 is 1.71 bits per heavy atom. The van der Waals surface area contributed by atoms with Crippen LogP contribution < -0.4 is 15.0 Å². The molecule has 1 aromatic carbocycles. The van der Waals surface area contributed by atoms with Gasteiger partial charge in [-0.2, -0.15) is 4.98 Å². The predicted octanol–water partition coefficient (Wildman–Crippen LogP) is 6.28. The zero-order chi connectivity index (χ0) is 24.1. The zero-order valence-corrected chi connectivity index (χ0v) is 21.8. The highest BCUT2D eigenvalue weighted by atomic mass is 16.5. The number of anilines is 2. The molecule has 1 unspecified atom stereocenters. The average Bonchev–Trinajstić information content (AvgIpc) is 3.17. The molecule has 0 aliphatic carbocycles. The summed E-state index contributed by atoms with van der Waals surface area (Å²) in [5.74, 6) is 2.83. The number of nitrogens with one attached hydrogen (secondary N) is 1. The standard InChI is InChI=1S/C29H45N5O/c1-2-3-4-7-10-22-35-27-15-13-25(14-16-27)23-33-19-11-12-26(24-33)31-29-30-18-17-28(32-29)34-20-8-5-6-9-21-34/h13-18,26H,2-12,19-24H2,1H3,(H,30,31,32). The molecule has 6 nitrogen and oxygen atoms in total. The van der Waals surface area contributed by atoms with Gasteiger partial charge in [0.15, 0.2) is 0 Å². The zero-order valence-electron chi connectivity index (χ0n) is 21.8. The molecule has 0 radical (unpaired) electrons. The van der Waals surface area contributed by atoms with Crippen molar-refractivity contribution < 1.29 is 4.74 Å². The van der Waals surface area contributed by atoms with E-state index in [0.29, 0.717) is 6.04 Å². The van der Waals surface area contributed by atoms with Gasteiger partial charge in [-0.15, -0.1) is 0 Å². The first-order chi connectivity index (χ1) is 17.3. The van der Waals surface area contributed by atoms with Gasteiger partial charge in [0, 0.05) is 38.4 Å². The second-order valence-corrected chi connectivity index (χ2v) is 10.3.